The maximum atomic E-state index is 13.4. The Morgan fingerprint density at radius 1 is 0.903 bits per heavy atom. The summed E-state index contributed by atoms with van der Waals surface area (Å²) in [6.45, 7) is 4.25. The van der Waals surface area contributed by atoms with Gasteiger partial charge in [-0.1, -0.05) is 18.2 Å². The molecule has 1 fully saturated rings. The minimum absolute atomic E-state index is 0.149. The fraction of sp³-hybridized carbons (Fsp3) is 0.208. The lowest BCUT2D eigenvalue weighted by atomic mass is 10.1. The van der Waals surface area contributed by atoms with Crippen molar-refractivity contribution in [2.45, 2.75) is 16.7 Å². The second-order valence-electron chi connectivity index (χ2n) is 7.66. The molecule has 0 aliphatic carbocycles. The third kappa shape index (κ3) is 3.49. The Bertz CT molecular complexity index is 1190. The summed E-state index contributed by atoms with van der Waals surface area (Å²) in [5.74, 6) is 0.624. The van der Waals surface area contributed by atoms with Gasteiger partial charge in [-0.05, 0) is 55.0 Å². The van der Waals surface area contributed by atoms with Gasteiger partial charge in [0.15, 0.2) is 0 Å². The van der Waals surface area contributed by atoms with Gasteiger partial charge in [0, 0.05) is 31.9 Å². The first-order valence-corrected chi connectivity index (χ1v) is 11.3. The van der Waals surface area contributed by atoms with Crippen LogP contribution in [0.2, 0.25) is 0 Å². The number of halogens is 1. The molecule has 1 saturated heterocycles. The van der Waals surface area contributed by atoms with Gasteiger partial charge in [-0.3, -0.25) is 4.79 Å². The molecule has 0 aromatic heterocycles. The highest BCUT2D eigenvalue weighted by Gasteiger charge is 2.32. The van der Waals surface area contributed by atoms with Gasteiger partial charge in [0.25, 0.3) is 5.91 Å². The van der Waals surface area contributed by atoms with Crippen molar-refractivity contribution in [1.82, 2.24) is 4.90 Å². The van der Waals surface area contributed by atoms with Crippen LogP contribution in [0.5, 0.6) is 11.5 Å². The molecule has 7 heteroatoms. The van der Waals surface area contributed by atoms with Crippen molar-refractivity contribution >= 4 is 22.4 Å². The van der Waals surface area contributed by atoms with Crippen LogP contribution in [0.4, 0.5) is 10.1 Å². The lowest BCUT2D eigenvalue weighted by Crippen LogP contribution is -2.49. The van der Waals surface area contributed by atoms with Gasteiger partial charge >= 0.3 is 0 Å². The number of hydrogen-bond donors (Lipinski definition) is 0. The molecule has 1 amide bonds. The molecule has 3 aromatic rings. The highest BCUT2D eigenvalue weighted by Crippen LogP contribution is 2.43. The fourth-order valence-electron chi connectivity index (χ4n) is 4.11. The van der Waals surface area contributed by atoms with E-state index in [4.69, 9.17) is 4.74 Å². The number of ether oxygens (including phenoxy) is 1. The maximum absolute atomic E-state index is 13.4. The van der Waals surface area contributed by atoms with Crippen LogP contribution in [0.3, 0.4) is 0 Å². The SMILES string of the molecule is Cc1cccc2c1S(=O)c1c(cccc1C(=O)N1CCN(c3ccc(F)cc3)CC1)O2. The number of anilines is 1. The average Bonchev–Trinajstić information content (AvgIpc) is 2.79. The molecule has 2 heterocycles. The molecule has 1 atom stereocenters. The first kappa shape index (κ1) is 19.8. The second kappa shape index (κ2) is 7.81. The molecule has 2 aliphatic rings. The van der Waals surface area contributed by atoms with E-state index >= 15 is 0 Å². The van der Waals surface area contributed by atoms with Crippen molar-refractivity contribution in [3.05, 3.63) is 77.6 Å². The molecule has 31 heavy (non-hydrogen) atoms. The molecule has 0 spiro atoms. The summed E-state index contributed by atoms with van der Waals surface area (Å²) in [5.41, 5.74) is 2.23. The van der Waals surface area contributed by atoms with E-state index in [0.717, 1.165) is 11.3 Å². The van der Waals surface area contributed by atoms with Crippen molar-refractivity contribution in [2.75, 3.05) is 31.1 Å². The van der Waals surface area contributed by atoms with E-state index in [1.54, 1.807) is 41.3 Å². The van der Waals surface area contributed by atoms with Crippen LogP contribution in [0.25, 0.3) is 0 Å². The molecule has 3 aromatic carbocycles. The molecule has 0 saturated carbocycles. The highest BCUT2D eigenvalue weighted by atomic mass is 32.2. The monoisotopic (exact) mass is 436 g/mol. The van der Waals surface area contributed by atoms with Crippen molar-refractivity contribution < 1.29 is 18.1 Å². The third-order valence-electron chi connectivity index (χ3n) is 5.73. The van der Waals surface area contributed by atoms with E-state index < -0.39 is 10.8 Å². The Morgan fingerprint density at radius 2 is 1.55 bits per heavy atom. The smallest absolute Gasteiger partial charge is 0.255 e. The number of nitrogens with zero attached hydrogens (tertiary/aromatic N) is 2. The van der Waals surface area contributed by atoms with Crippen LogP contribution in [-0.4, -0.2) is 41.2 Å². The minimum atomic E-state index is -1.50. The number of carbonyl (C=O) groups excluding carboxylic acids is 1. The maximum Gasteiger partial charge on any atom is 0.255 e. The van der Waals surface area contributed by atoms with Gasteiger partial charge in [-0.15, -0.1) is 0 Å². The Labute approximate surface area is 182 Å². The molecular formula is C24H21FN2O3S. The first-order valence-electron chi connectivity index (χ1n) is 10.1. The van der Waals surface area contributed by atoms with Crippen LogP contribution in [0.1, 0.15) is 15.9 Å². The quantitative estimate of drug-likeness (QED) is 0.468. The molecule has 1 unspecified atom stereocenters. The molecule has 0 radical (unpaired) electrons. The molecule has 2 aliphatic heterocycles. The van der Waals surface area contributed by atoms with Gasteiger partial charge in [-0.2, -0.15) is 0 Å². The highest BCUT2D eigenvalue weighted by molar-refractivity contribution is 7.85. The third-order valence-corrected chi connectivity index (χ3v) is 7.42. The lowest BCUT2D eigenvalue weighted by molar-refractivity contribution is 0.0742. The van der Waals surface area contributed by atoms with Crippen molar-refractivity contribution in [2.24, 2.45) is 0 Å². The van der Waals surface area contributed by atoms with E-state index in [2.05, 4.69) is 4.90 Å². The summed E-state index contributed by atoms with van der Waals surface area (Å²) in [5, 5.41) is 0. The zero-order valence-electron chi connectivity index (χ0n) is 17.0. The number of hydrogen-bond acceptors (Lipinski definition) is 4. The zero-order valence-corrected chi connectivity index (χ0v) is 17.8. The molecule has 5 nitrogen and oxygen atoms in total. The topological polar surface area (TPSA) is 49.9 Å². The van der Waals surface area contributed by atoms with Crippen LogP contribution in [-0.2, 0) is 10.8 Å². The second-order valence-corrected chi connectivity index (χ2v) is 9.02. The number of piperazine rings is 1. The van der Waals surface area contributed by atoms with Gasteiger partial charge in [0.05, 0.1) is 26.2 Å². The number of aryl methyl sites for hydroxylation is 1. The van der Waals surface area contributed by atoms with Crippen molar-refractivity contribution in [3.8, 4) is 11.5 Å². The molecule has 0 N–H and O–H groups in total. The Hall–Kier alpha value is -3.19. The first-order chi connectivity index (χ1) is 15.0. The van der Waals surface area contributed by atoms with Crippen LogP contribution < -0.4 is 9.64 Å². The number of fused-ring (bicyclic) bond motifs is 2. The summed E-state index contributed by atoms with van der Waals surface area (Å²) in [6.07, 6.45) is 0. The summed E-state index contributed by atoms with van der Waals surface area (Å²) in [6, 6.07) is 17.2. The van der Waals surface area contributed by atoms with E-state index in [1.807, 2.05) is 19.1 Å². The standard InChI is InChI=1S/C24H21FN2O3S/c1-16-4-2-6-20-22(16)31(29)23-19(5-3-7-21(23)30-20)24(28)27-14-12-26(13-15-27)18-10-8-17(25)9-11-18/h2-11H,12-15H2,1H3. The minimum Gasteiger partial charge on any atom is -0.455 e. The fourth-order valence-corrected chi connectivity index (χ4v) is 5.61. The van der Waals surface area contributed by atoms with Crippen molar-refractivity contribution in [3.63, 3.8) is 0 Å². The largest absolute Gasteiger partial charge is 0.455 e. The van der Waals surface area contributed by atoms with Gasteiger partial charge in [0.2, 0.25) is 0 Å². The summed E-state index contributed by atoms with van der Waals surface area (Å²) < 4.78 is 32.6. The van der Waals surface area contributed by atoms with E-state index in [-0.39, 0.29) is 11.7 Å². The average molecular weight is 437 g/mol. The molecule has 5 rings (SSSR count). The van der Waals surface area contributed by atoms with Crippen LogP contribution >= 0.6 is 0 Å². The number of rotatable bonds is 2. The van der Waals surface area contributed by atoms with E-state index in [1.165, 1.54) is 12.1 Å². The number of benzene rings is 3. The summed E-state index contributed by atoms with van der Waals surface area (Å²) >= 11 is 0. The van der Waals surface area contributed by atoms with Gasteiger partial charge in [0.1, 0.15) is 17.3 Å². The van der Waals surface area contributed by atoms with Crippen LogP contribution in [0.15, 0.2) is 70.5 Å². The molecule has 158 valence electrons. The predicted octanol–water partition coefficient (Wildman–Crippen LogP) is 4.37. The normalized spacial score (nSPS) is 17.5. The lowest BCUT2D eigenvalue weighted by Gasteiger charge is -2.36. The number of carbonyl (C=O) groups is 1. The summed E-state index contributed by atoms with van der Waals surface area (Å²) in [4.78, 5) is 18.3. The van der Waals surface area contributed by atoms with Gasteiger partial charge in [-0.25, -0.2) is 8.60 Å². The van der Waals surface area contributed by atoms with E-state index in [0.29, 0.717) is 53.0 Å². The Balaban J connectivity index is 1.39. The van der Waals surface area contributed by atoms with Crippen molar-refractivity contribution in [1.29, 1.82) is 0 Å². The Morgan fingerprint density at radius 3 is 2.26 bits per heavy atom. The molecular weight excluding hydrogens is 415 g/mol. The van der Waals surface area contributed by atoms with E-state index in [9.17, 15) is 13.4 Å². The molecule has 0 bridgehead atoms. The summed E-state index contributed by atoms with van der Waals surface area (Å²) in [7, 11) is -1.50. The van der Waals surface area contributed by atoms with Gasteiger partial charge < -0.3 is 14.5 Å². The predicted molar refractivity (Wildman–Crippen MR) is 117 cm³/mol. The Kier molecular flexibility index (Phi) is 4.98. The van der Waals surface area contributed by atoms with Crippen LogP contribution in [0, 0.1) is 12.7 Å². The zero-order chi connectivity index (χ0) is 21.5. The number of amides is 1.